The molecule has 0 unspecified atom stereocenters. The van der Waals surface area contributed by atoms with Crippen molar-refractivity contribution in [1.82, 2.24) is 14.9 Å². The van der Waals surface area contributed by atoms with Gasteiger partial charge >= 0.3 is 0 Å². The molecular weight excluding hydrogens is 443 g/mol. The fraction of sp³-hybridized carbons (Fsp3) is 0.200. The van der Waals surface area contributed by atoms with E-state index in [2.05, 4.69) is 15.0 Å². The number of hydrogen-bond donors (Lipinski definition) is 1. The molecule has 2 aromatic heterocycles. The van der Waals surface area contributed by atoms with Gasteiger partial charge in [0.15, 0.2) is 16.3 Å². The van der Waals surface area contributed by atoms with E-state index in [1.807, 2.05) is 0 Å². The van der Waals surface area contributed by atoms with Crippen LogP contribution in [0.2, 0.25) is 0 Å². The van der Waals surface area contributed by atoms with E-state index in [1.54, 1.807) is 41.3 Å². The zero-order chi connectivity index (χ0) is 22.7. The van der Waals surface area contributed by atoms with E-state index >= 15 is 0 Å². The maximum atomic E-state index is 13.2. The number of methoxy groups -OCH3 is 2. The lowest BCUT2D eigenvalue weighted by Crippen LogP contribution is -2.15. The molecule has 0 spiro atoms. The Labute approximate surface area is 182 Å². The van der Waals surface area contributed by atoms with Crippen molar-refractivity contribution in [2.24, 2.45) is 0 Å². The SMILES string of the molecule is COc1cccc(OC)c1S(=O)(=O)Nc1noc2cc(Cn3cccn3)cc(OCF)c12. The van der Waals surface area contributed by atoms with Crippen molar-refractivity contribution in [3.05, 3.63) is 54.4 Å². The number of sulfonamides is 1. The summed E-state index contributed by atoms with van der Waals surface area (Å²) in [5.41, 5.74) is 0.907. The first-order valence-electron chi connectivity index (χ1n) is 9.29. The lowest BCUT2D eigenvalue weighted by Gasteiger charge is -2.14. The van der Waals surface area contributed by atoms with Gasteiger partial charge in [-0.25, -0.2) is 12.8 Å². The molecule has 0 amide bonds. The maximum Gasteiger partial charge on any atom is 0.270 e. The van der Waals surface area contributed by atoms with E-state index in [-0.39, 0.29) is 38.9 Å². The highest BCUT2D eigenvalue weighted by Gasteiger charge is 2.28. The molecule has 0 aliphatic heterocycles. The summed E-state index contributed by atoms with van der Waals surface area (Å²) < 4.78 is 64.2. The maximum absolute atomic E-state index is 13.2. The van der Waals surface area contributed by atoms with Crippen LogP contribution in [0.5, 0.6) is 17.2 Å². The lowest BCUT2D eigenvalue weighted by atomic mass is 10.1. The van der Waals surface area contributed by atoms with Crippen LogP contribution in [0.3, 0.4) is 0 Å². The van der Waals surface area contributed by atoms with Crippen molar-refractivity contribution >= 4 is 26.8 Å². The summed E-state index contributed by atoms with van der Waals surface area (Å²) in [7, 11) is -1.55. The molecule has 0 saturated heterocycles. The van der Waals surface area contributed by atoms with Crippen LogP contribution in [0.1, 0.15) is 5.56 Å². The Balaban J connectivity index is 1.77. The molecular formula is C20H19FN4O6S. The fourth-order valence-electron chi connectivity index (χ4n) is 3.26. The quantitative estimate of drug-likeness (QED) is 0.403. The third-order valence-electron chi connectivity index (χ3n) is 4.59. The summed E-state index contributed by atoms with van der Waals surface area (Å²) in [5, 5.41) is 8.12. The third kappa shape index (κ3) is 4.04. The molecule has 0 aliphatic rings. The number of benzene rings is 2. The van der Waals surface area contributed by atoms with Gasteiger partial charge in [-0.05, 0) is 35.9 Å². The van der Waals surface area contributed by atoms with Crippen molar-refractivity contribution in [3.8, 4) is 17.2 Å². The number of nitrogens with zero attached hydrogens (tertiary/aromatic N) is 3. The first-order chi connectivity index (χ1) is 15.5. The minimum absolute atomic E-state index is 0.0677. The van der Waals surface area contributed by atoms with Gasteiger partial charge in [-0.3, -0.25) is 9.40 Å². The van der Waals surface area contributed by atoms with E-state index in [1.165, 1.54) is 26.4 Å². The molecule has 4 aromatic rings. The summed E-state index contributed by atoms with van der Waals surface area (Å²) >= 11 is 0. The van der Waals surface area contributed by atoms with Gasteiger partial charge in [0.1, 0.15) is 22.6 Å². The molecule has 168 valence electrons. The second-order valence-electron chi connectivity index (χ2n) is 6.55. The molecule has 0 bridgehead atoms. The van der Waals surface area contributed by atoms with E-state index in [0.717, 1.165) is 0 Å². The molecule has 32 heavy (non-hydrogen) atoms. The number of anilines is 1. The van der Waals surface area contributed by atoms with Gasteiger partial charge in [-0.1, -0.05) is 11.2 Å². The van der Waals surface area contributed by atoms with Crippen molar-refractivity contribution in [1.29, 1.82) is 0 Å². The second kappa shape index (κ2) is 8.75. The van der Waals surface area contributed by atoms with Gasteiger partial charge in [0.05, 0.1) is 20.8 Å². The van der Waals surface area contributed by atoms with E-state index < -0.39 is 16.9 Å². The van der Waals surface area contributed by atoms with E-state index in [4.69, 9.17) is 18.7 Å². The zero-order valence-electron chi connectivity index (χ0n) is 17.1. The molecule has 1 N–H and O–H groups in total. The van der Waals surface area contributed by atoms with E-state index in [9.17, 15) is 12.8 Å². The lowest BCUT2D eigenvalue weighted by molar-refractivity contribution is 0.194. The smallest absolute Gasteiger partial charge is 0.270 e. The minimum Gasteiger partial charge on any atom is -0.495 e. The van der Waals surface area contributed by atoms with Gasteiger partial charge in [0.25, 0.3) is 10.0 Å². The van der Waals surface area contributed by atoms with Gasteiger partial charge in [-0.15, -0.1) is 0 Å². The molecule has 0 fully saturated rings. The summed E-state index contributed by atoms with van der Waals surface area (Å²) in [4.78, 5) is -0.218. The average Bonchev–Trinajstić information content (AvgIpc) is 3.43. The largest absolute Gasteiger partial charge is 0.495 e. The number of fused-ring (bicyclic) bond motifs is 1. The Kier molecular flexibility index (Phi) is 5.86. The molecule has 0 radical (unpaired) electrons. The highest BCUT2D eigenvalue weighted by molar-refractivity contribution is 7.93. The van der Waals surface area contributed by atoms with Crippen molar-refractivity contribution in [2.45, 2.75) is 11.4 Å². The first kappa shape index (κ1) is 21.4. The number of aromatic nitrogens is 3. The zero-order valence-corrected chi connectivity index (χ0v) is 17.9. The Hall–Kier alpha value is -3.80. The predicted molar refractivity (Wildman–Crippen MR) is 112 cm³/mol. The Morgan fingerprint density at radius 3 is 2.50 bits per heavy atom. The van der Waals surface area contributed by atoms with Gasteiger partial charge in [0.2, 0.25) is 6.86 Å². The van der Waals surface area contributed by atoms with Crippen LogP contribution in [0.4, 0.5) is 10.2 Å². The molecule has 0 atom stereocenters. The van der Waals surface area contributed by atoms with Crippen LogP contribution in [0, 0.1) is 0 Å². The fourth-order valence-corrected chi connectivity index (χ4v) is 4.59. The van der Waals surface area contributed by atoms with Gasteiger partial charge in [0, 0.05) is 12.4 Å². The molecule has 2 heterocycles. The molecule has 12 heteroatoms. The third-order valence-corrected chi connectivity index (χ3v) is 6.00. The summed E-state index contributed by atoms with van der Waals surface area (Å²) in [5.74, 6) is 0.0536. The Morgan fingerprint density at radius 1 is 1.12 bits per heavy atom. The molecule has 2 aromatic carbocycles. The molecule has 10 nitrogen and oxygen atoms in total. The summed E-state index contributed by atoms with van der Waals surface area (Å²) in [6.07, 6.45) is 3.39. The average molecular weight is 462 g/mol. The van der Waals surface area contributed by atoms with Crippen LogP contribution in [-0.4, -0.2) is 44.4 Å². The number of alkyl halides is 1. The van der Waals surface area contributed by atoms with Gasteiger partial charge < -0.3 is 18.7 Å². The van der Waals surface area contributed by atoms with Crippen LogP contribution < -0.4 is 18.9 Å². The Morgan fingerprint density at radius 2 is 1.88 bits per heavy atom. The first-order valence-corrected chi connectivity index (χ1v) is 10.8. The number of hydrogen-bond acceptors (Lipinski definition) is 8. The van der Waals surface area contributed by atoms with Crippen molar-refractivity contribution < 1.29 is 31.5 Å². The van der Waals surface area contributed by atoms with Crippen LogP contribution in [0.25, 0.3) is 11.0 Å². The topological polar surface area (TPSA) is 118 Å². The highest BCUT2D eigenvalue weighted by atomic mass is 32.2. The normalized spacial score (nSPS) is 11.5. The van der Waals surface area contributed by atoms with Crippen molar-refractivity contribution in [3.63, 3.8) is 0 Å². The highest BCUT2D eigenvalue weighted by Crippen LogP contribution is 2.38. The summed E-state index contributed by atoms with van der Waals surface area (Å²) in [6.45, 7) is -0.760. The summed E-state index contributed by atoms with van der Waals surface area (Å²) in [6, 6.07) is 9.55. The molecule has 4 rings (SSSR count). The van der Waals surface area contributed by atoms with Gasteiger partial charge in [-0.2, -0.15) is 5.10 Å². The number of nitrogens with one attached hydrogen (secondary N) is 1. The van der Waals surface area contributed by atoms with Crippen LogP contribution in [-0.2, 0) is 16.6 Å². The van der Waals surface area contributed by atoms with Crippen molar-refractivity contribution in [2.75, 3.05) is 25.8 Å². The number of ether oxygens (including phenoxy) is 3. The number of rotatable bonds is 9. The van der Waals surface area contributed by atoms with Crippen LogP contribution in [0.15, 0.2) is 58.2 Å². The molecule has 0 aliphatic carbocycles. The molecule has 0 saturated carbocycles. The standard InChI is InChI=1S/C20H19FN4O6S/c1-28-14-5-3-6-15(29-2)19(14)32(26,27)24-20-18-16(30-12-21)9-13(10-17(18)31-23-20)11-25-8-4-7-22-25/h3-10H,11-12H2,1-2H3,(H,23,24). The van der Waals surface area contributed by atoms with E-state index in [0.29, 0.717) is 12.1 Å². The minimum atomic E-state index is -4.23. The Bertz CT molecular complexity index is 1320. The number of halogens is 1. The monoisotopic (exact) mass is 462 g/mol. The predicted octanol–water partition coefficient (Wildman–Crippen LogP) is 3.20. The van der Waals surface area contributed by atoms with Crippen LogP contribution >= 0.6 is 0 Å². The second-order valence-corrected chi connectivity index (χ2v) is 8.17.